The summed E-state index contributed by atoms with van der Waals surface area (Å²) in [5.41, 5.74) is -0.557. The molecule has 0 aliphatic carbocycles. The maximum Gasteiger partial charge on any atom is 0.282 e. The number of thioether (sulfide) groups is 1. The fraction of sp³-hybridized carbons (Fsp3) is 0.0588. The van der Waals surface area contributed by atoms with E-state index >= 15 is 0 Å². The largest absolute Gasteiger partial charge is 0.323 e. The van der Waals surface area contributed by atoms with Gasteiger partial charge in [-0.3, -0.25) is 25.0 Å². The number of nitro benzene ring substituents is 1. The molecule has 0 aliphatic heterocycles. The molecule has 13 heteroatoms. The van der Waals surface area contributed by atoms with E-state index in [-0.39, 0.29) is 27.2 Å². The zero-order chi connectivity index (χ0) is 21.7. The molecule has 1 aromatic heterocycles. The number of benzene rings is 2. The van der Waals surface area contributed by atoms with E-state index in [1.165, 1.54) is 30.3 Å². The molecule has 0 bridgehead atoms. The number of aromatic nitrogens is 2. The van der Waals surface area contributed by atoms with Crippen molar-refractivity contribution < 1.29 is 18.9 Å². The normalized spacial score (nSPS) is 10.5. The zero-order valence-corrected chi connectivity index (χ0v) is 17.2. The number of nitrogens with one attached hydrogen (secondary N) is 2. The van der Waals surface area contributed by atoms with Crippen molar-refractivity contribution in [1.82, 2.24) is 10.2 Å². The van der Waals surface area contributed by atoms with Crippen LogP contribution in [-0.4, -0.2) is 32.7 Å². The maximum atomic E-state index is 13.5. The summed E-state index contributed by atoms with van der Waals surface area (Å²) in [7, 11) is 0. The summed E-state index contributed by atoms with van der Waals surface area (Å²) >= 11 is 7.83. The van der Waals surface area contributed by atoms with Crippen LogP contribution < -0.4 is 10.6 Å². The molecule has 2 aromatic carbocycles. The van der Waals surface area contributed by atoms with Gasteiger partial charge in [-0.1, -0.05) is 46.8 Å². The van der Waals surface area contributed by atoms with Gasteiger partial charge < -0.3 is 5.32 Å². The van der Waals surface area contributed by atoms with Gasteiger partial charge in [0, 0.05) is 11.1 Å². The van der Waals surface area contributed by atoms with E-state index in [9.17, 15) is 24.1 Å². The van der Waals surface area contributed by atoms with Crippen molar-refractivity contribution in [3.63, 3.8) is 0 Å². The summed E-state index contributed by atoms with van der Waals surface area (Å²) in [6.07, 6.45) is 0. The molecule has 0 saturated carbocycles. The Balaban J connectivity index is 1.60. The highest BCUT2D eigenvalue weighted by atomic mass is 35.5. The van der Waals surface area contributed by atoms with Crippen molar-refractivity contribution in [3.05, 3.63) is 69.0 Å². The fourth-order valence-electron chi connectivity index (χ4n) is 2.21. The monoisotopic (exact) mass is 467 g/mol. The van der Waals surface area contributed by atoms with Crippen LogP contribution in [0.2, 0.25) is 5.02 Å². The Bertz CT molecular complexity index is 1130. The van der Waals surface area contributed by atoms with Crippen LogP contribution >= 0.6 is 34.7 Å². The minimum absolute atomic E-state index is 0.0589. The van der Waals surface area contributed by atoms with Crippen molar-refractivity contribution in [2.24, 2.45) is 0 Å². The van der Waals surface area contributed by atoms with E-state index in [0.717, 1.165) is 29.2 Å². The number of nitrogens with zero attached hydrogens (tertiary/aromatic N) is 3. The summed E-state index contributed by atoms with van der Waals surface area (Å²) < 4.78 is 13.9. The van der Waals surface area contributed by atoms with Crippen molar-refractivity contribution >= 4 is 63.0 Å². The average Bonchev–Trinajstić information content (AvgIpc) is 3.15. The van der Waals surface area contributed by atoms with Gasteiger partial charge in [0.25, 0.3) is 11.6 Å². The molecular weight excluding hydrogens is 457 g/mol. The van der Waals surface area contributed by atoms with Gasteiger partial charge in [0.2, 0.25) is 11.0 Å². The fourth-order valence-corrected chi connectivity index (χ4v) is 3.93. The molecule has 2 amide bonds. The second kappa shape index (κ2) is 9.61. The summed E-state index contributed by atoms with van der Waals surface area (Å²) in [6.45, 7) is 0. The Kier molecular flexibility index (Phi) is 6.92. The number of hydrogen-bond acceptors (Lipinski definition) is 8. The highest BCUT2D eigenvalue weighted by Gasteiger charge is 2.22. The molecule has 0 unspecified atom stereocenters. The maximum absolute atomic E-state index is 13.5. The molecule has 1 heterocycles. The van der Waals surface area contributed by atoms with Gasteiger partial charge in [0.05, 0.1) is 16.4 Å². The SMILES string of the molecule is O=C(CSc1nnc(NC(=O)c2cc(Cl)ccc2[N+](=O)[O-])s1)Nc1ccccc1F. The van der Waals surface area contributed by atoms with Crippen molar-refractivity contribution in [2.45, 2.75) is 4.34 Å². The summed E-state index contributed by atoms with van der Waals surface area (Å²) in [6, 6.07) is 9.39. The highest BCUT2D eigenvalue weighted by molar-refractivity contribution is 8.01. The van der Waals surface area contributed by atoms with Crippen LogP contribution in [0.4, 0.5) is 20.9 Å². The molecule has 154 valence electrons. The van der Waals surface area contributed by atoms with Gasteiger partial charge in [-0.2, -0.15) is 0 Å². The van der Waals surface area contributed by atoms with Gasteiger partial charge in [-0.05, 0) is 24.3 Å². The molecule has 0 aliphatic rings. The molecular formula is C17H11ClFN5O4S2. The van der Waals surface area contributed by atoms with Gasteiger partial charge in [0.15, 0.2) is 4.34 Å². The Morgan fingerprint density at radius 3 is 2.70 bits per heavy atom. The van der Waals surface area contributed by atoms with Crippen LogP contribution in [0.5, 0.6) is 0 Å². The van der Waals surface area contributed by atoms with Crippen molar-refractivity contribution in [2.75, 3.05) is 16.4 Å². The predicted molar refractivity (Wildman–Crippen MR) is 112 cm³/mol. The van der Waals surface area contributed by atoms with E-state index in [4.69, 9.17) is 11.6 Å². The number of amides is 2. The zero-order valence-electron chi connectivity index (χ0n) is 14.8. The van der Waals surface area contributed by atoms with Gasteiger partial charge in [-0.15, -0.1) is 10.2 Å². The third kappa shape index (κ3) is 5.49. The molecule has 0 radical (unpaired) electrons. The number of hydrogen-bond donors (Lipinski definition) is 2. The van der Waals surface area contributed by atoms with E-state index in [0.29, 0.717) is 4.34 Å². The number of halogens is 2. The van der Waals surface area contributed by atoms with E-state index < -0.39 is 28.2 Å². The quantitative estimate of drug-likeness (QED) is 0.230. The number of carbonyl (C=O) groups excluding carboxylic acids is 2. The predicted octanol–water partition coefficient (Wildman–Crippen LogP) is 4.22. The van der Waals surface area contributed by atoms with Crippen LogP contribution in [0.25, 0.3) is 0 Å². The van der Waals surface area contributed by atoms with E-state index in [1.54, 1.807) is 6.07 Å². The number of para-hydroxylation sites is 1. The van der Waals surface area contributed by atoms with Crippen LogP contribution in [0.15, 0.2) is 46.8 Å². The lowest BCUT2D eigenvalue weighted by atomic mass is 10.1. The Hall–Kier alpha value is -3.09. The minimum atomic E-state index is -0.769. The smallest absolute Gasteiger partial charge is 0.282 e. The molecule has 0 spiro atoms. The Labute approximate surface area is 181 Å². The third-order valence-electron chi connectivity index (χ3n) is 3.50. The second-order valence-electron chi connectivity index (χ2n) is 5.56. The molecule has 0 atom stereocenters. The van der Waals surface area contributed by atoms with Crippen LogP contribution in [0, 0.1) is 15.9 Å². The van der Waals surface area contributed by atoms with Gasteiger partial charge in [0.1, 0.15) is 11.4 Å². The number of rotatable bonds is 7. The lowest BCUT2D eigenvalue weighted by Gasteiger charge is -2.04. The minimum Gasteiger partial charge on any atom is -0.323 e. The lowest BCUT2D eigenvalue weighted by Crippen LogP contribution is -2.14. The van der Waals surface area contributed by atoms with Crippen LogP contribution in [0.1, 0.15) is 10.4 Å². The summed E-state index contributed by atoms with van der Waals surface area (Å²) in [5, 5.41) is 23.8. The van der Waals surface area contributed by atoms with Gasteiger partial charge in [-0.25, -0.2) is 4.39 Å². The second-order valence-corrected chi connectivity index (χ2v) is 8.20. The molecule has 3 rings (SSSR count). The highest BCUT2D eigenvalue weighted by Crippen LogP contribution is 2.28. The summed E-state index contributed by atoms with van der Waals surface area (Å²) in [5.74, 6) is -1.82. The average molecular weight is 468 g/mol. The molecule has 0 saturated heterocycles. The molecule has 30 heavy (non-hydrogen) atoms. The Morgan fingerprint density at radius 2 is 1.97 bits per heavy atom. The van der Waals surface area contributed by atoms with Gasteiger partial charge >= 0.3 is 0 Å². The first-order valence-electron chi connectivity index (χ1n) is 8.09. The first-order valence-corrected chi connectivity index (χ1v) is 10.3. The number of nitro groups is 1. The van der Waals surface area contributed by atoms with Crippen molar-refractivity contribution in [3.8, 4) is 0 Å². The topological polar surface area (TPSA) is 127 Å². The number of carbonyl (C=O) groups is 2. The third-order valence-corrected chi connectivity index (χ3v) is 5.71. The lowest BCUT2D eigenvalue weighted by molar-refractivity contribution is -0.385. The standard InChI is InChI=1S/C17H11ClFN5O4S2/c18-9-5-6-13(24(27)28)10(7-9)15(26)21-16-22-23-17(30-16)29-8-14(25)20-12-4-2-1-3-11(12)19/h1-7H,8H2,(H,20,25)(H,21,22,26). The van der Waals surface area contributed by atoms with Crippen LogP contribution in [-0.2, 0) is 4.79 Å². The first-order chi connectivity index (χ1) is 14.3. The van der Waals surface area contributed by atoms with E-state index in [1.807, 2.05) is 0 Å². The molecule has 0 fully saturated rings. The Morgan fingerprint density at radius 1 is 1.20 bits per heavy atom. The molecule has 9 nitrogen and oxygen atoms in total. The summed E-state index contributed by atoms with van der Waals surface area (Å²) in [4.78, 5) is 34.7. The number of anilines is 2. The molecule has 3 aromatic rings. The van der Waals surface area contributed by atoms with Crippen LogP contribution in [0.3, 0.4) is 0 Å². The molecule has 2 N–H and O–H groups in total. The van der Waals surface area contributed by atoms with Crippen molar-refractivity contribution in [1.29, 1.82) is 0 Å². The van der Waals surface area contributed by atoms with E-state index in [2.05, 4.69) is 20.8 Å². The first kappa shape index (κ1) is 21.6.